The number of anilines is 1. The summed E-state index contributed by atoms with van der Waals surface area (Å²) in [5, 5.41) is 5.94. The minimum atomic E-state index is -0.184. The molecule has 1 aliphatic rings. The third kappa shape index (κ3) is 3.12. The van der Waals surface area contributed by atoms with Crippen molar-refractivity contribution in [3.63, 3.8) is 0 Å². The van der Waals surface area contributed by atoms with Gasteiger partial charge in [-0.15, -0.1) is 11.3 Å². The molecule has 0 bridgehead atoms. The van der Waals surface area contributed by atoms with Crippen LogP contribution in [0.1, 0.15) is 41.6 Å². The van der Waals surface area contributed by atoms with Crippen LogP contribution in [0.4, 0.5) is 5.69 Å². The number of benzene rings is 1. The average Bonchev–Trinajstić information content (AvgIpc) is 3.07. The van der Waals surface area contributed by atoms with E-state index in [1.54, 1.807) is 12.3 Å². The number of hydrazone groups is 1. The molecule has 1 aliphatic heterocycles. The second-order valence-corrected chi connectivity index (χ2v) is 7.44. The first-order valence-corrected chi connectivity index (χ1v) is 8.71. The van der Waals surface area contributed by atoms with Gasteiger partial charge in [0.1, 0.15) is 0 Å². The Labute approximate surface area is 146 Å². The molecule has 2 heterocycles. The van der Waals surface area contributed by atoms with E-state index in [1.807, 2.05) is 17.5 Å². The zero-order valence-corrected chi connectivity index (χ0v) is 15.1. The molecule has 1 amide bonds. The SMILES string of the molecule is CC1=CC(C)(C)N(C)c2ccc(/C=N/NC(=O)c3cccs3)cc21. The van der Waals surface area contributed by atoms with E-state index in [1.165, 1.54) is 28.2 Å². The first-order valence-electron chi connectivity index (χ1n) is 7.83. The average molecular weight is 339 g/mol. The Hall–Kier alpha value is -2.40. The van der Waals surface area contributed by atoms with E-state index in [-0.39, 0.29) is 11.4 Å². The first-order chi connectivity index (χ1) is 11.4. The van der Waals surface area contributed by atoms with Gasteiger partial charge in [0.25, 0.3) is 5.91 Å². The van der Waals surface area contributed by atoms with E-state index in [9.17, 15) is 4.79 Å². The number of rotatable bonds is 3. The number of carbonyl (C=O) groups is 1. The van der Waals surface area contributed by atoms with Crippen molar-refractivity contribution in [1.82, 2.24) is 5.43 Å². The molecule has 0 spiro atoms. The molecule has 1 aromatic heterocycles. The molecule has 0 aliphatic carbocycles. The molecule has 0 radical (unpaired) electrons. The van der Waals surface area contributed by atoms with Crippen LogP contribution >= 0.6 is 11.3 Å². The van der Waals surface area contributed by atoms with Crippen LogP contribution in [-0.4, -0.2) is 24.7 Å². The van der Waals surface area contributed by atoms with Crippen LogP contribution in [0.15, 0.2) is 46.9 Å². The Morgan fingerprint density at radius 2 is 2.12 bits per heavy atom. The predicted octanol–water partition coefficient (Wildman–Crippen LogP) is 4.14. The van der Waals surface area contributed by atoms with Crippen LogP contribution in [0.25, 0.3) is 5.57 Å². The van der Waals surface area contributed by atoms with Crippen molar-refractivity contribution in [1.29, 1.82) is 0 Å². The van der Waals surface area contributed by atoms with Gasteiger partial charge < -0.3 is 4.90 Å². The number of nitrogens with zero attached hydrogens (tertiary/aromatic N) is 2. The third-order valence-corrected chi connectivity index (χ3v) is 5.23. The molecule has 1 aromatic carbocycles. The number of hydrogen-bond donors (Lipinski definition) is 1. The Morgan fingerprint density at radius 1 is 1.33 bits per heavy atom. The monoisotopic (exact) mass is 339 g/mol. The summed E-state index contributed by atoms with van der Waals surface area (Å²) in [5.74, 6) is -0.184. The molecule has 124 valence electrons. The van der Waals surface area contributed by atoms with Crippen molar-refractivity contribution in [2.75, 3.05) is 11.9 Å². The molecule has 0 saturated heterocycles. The van der Waals surface area contributed by atoms with Gasteiger partial charge in [-0.05, 0) is 55.5 Å². The molecule has 0 fully saturated rings. The minimum Gasteiger partial charge on any atom is -0.366 e. The number of nitrogens with one attached hydrogen (secondary N) is 1. The lowest BCUT2D eigenvalue weighted by Crippen LogP contribution is -2.42. The van der Waals surface area contributed by atoms with Crippen molar-refractivity contribution < 1.29 is 4.79 Å². The first kappa shape index (κ1) is 16.5. The van der Waals surface area contributed by atoms with Crippen LogP contribution in [0.5, 0.6) is 0 Å². The second-order valence-electron chi connectivity index (χ2n) is 6.49. The van der Waals surface area contributed by atoms with Crippen molar-refractivity contribution in [3.05, 3.63) is 57.8 Å². The smallest absolute Gasteiger partial charge is 0.281 e. The van der Waals surface area contributed by atoms with E-state index in [2.05, 4.69) is 61.5 Å². The maximum Gasteiger partial charge on any atom is 0.281 e. The number of hydrogen-bond acceptors (Lipinski definition) is 4. The van der Waals surface area contributed by atoms with Crippen molar-refractivity contribution >= 4 is 34.7 Å². The molecule has 1 N–H and O–H groups in total. The summed E-state index contributed by atoms with van der Waals surface area (Å²) in [6.07, 6.45) is 3.95. The maximum absolute atomic E-state index is 11.9. The molecule has 0 saturated carbocycles. The fourth-order valence-corrected chi connectivity index (χ4v) is 3.50. The van der Waals surface area contributed by atoms with Crippen LogP contribution in [0.2, 0.25) is 0 Å². The Balaban J connectivity index is 1.78. The summed E-state index contributed by atoms with van der Waals surface area (Å²) < 4.78 is 0. The van der Waals surface area contributed by atoms with Gasteiger partial charge in [-0.2, -0.15) is 5.10 Å². The largest absolute Gasteiger partial charge is 0.366 e. The number of likely N-dealkylation sites (N-methyl/N-ethyl adjacent to an activating group) is 1. The van der Waals surface area contributed by atoms with Gasteiger partial charge in [0, 0.05) is 18.3 Å². The molecule has 0 unspecified atom stereocenters. The number of amides is 1. The normalized spacial score (nSPS) is 16.0. The molecule has 0 atom stereocenters. The summed E-state index contributed by atoms with van der Waals surface area (Å²) in [6.45, 7) is 6.54. The minimum absolute atomic E-state index is 0.00136. The Kier molecular flexibility index (Phi) is 4.28. The van der Waals surface area contributed by atoms with Gasteiger partial charge in [0.05, 0.1) is 16.6 Å². The topological polar surface area (TPSA) is 44.7 Å². The lowest BCUT2D eigenvalue weighted by molar-refractivity contribution is 0.0959. The van der Waals surface area contributed by atoms with Gasteiger partial charge in [-0.1, -0.05) is 18.2 Å². The quantitative estimate of drug-likeness (QED) is 0.674. The lowest BCUT2D eigenvalue weighted by atomic mass is 9.89. The number of thiophene rings is 1. The molecule has 4 nitrogen and oxygen atoms in total. The van der Waals surface area contributed by atoms with Crippen molar-refractivity contribution in [2.24, 2.45) is 5.10 Å². The van der Waals surface area contributed by atoms with Crippen molar-refractivity contribution in [2.45, 2.75) is 26.3 Å². The standard InChI is InChI=1S/C19H21N3OS/c1-13-11-19(2,3)22(4)16-8-7-14(10-15(13)16)12-20-21-18(23)17-6-5-9-24-17/h5-12H,1-4H3,(H,21,23)/b20-12+. The molecule has 5 heteroatoms. The molecule has 3 rings (SSSR count). The van der Waals surface area contributed by atoms with Crippen LogP contribution in [0, 0.1) is 0 Å². The van der Waals surface area contributed by atoms with E-state index in [0.29, 0.717) is 4.88 Å². The van der Waals surface area contributed by atoms with Crippen LogP contribution in [-0.2, 0) is 0 Å². The zero-order valence-electron chi connectivity index (χ0n) is 14.3. The van der Waals surface area contributed by atoms with E-state index in [4.69, 9.17) is 0 Å². The fraction of sp³-hybridized carbons (Fsp3) is 0.263. The lowest BCUT2D eigenvalue weighted by Gasteiger charge is -2.40. The highest BCUT2D eigenvalue weighted by Gasteiger charge is 2.28. The van der Waals surface area contributed by atoms with Gasteiger partial charge in [0.15, 0.2) is 0 Å². The number of allylic oxidation sites excluding steroid dienone is 1. The predicted molar refractivity (Wildman–Crippen MR) is 102 cm³/mol. The van der Waals surface area contributed by atoms with Gasteiger partial charge in [-0.25, -0.2) is 5.43 Å². The Morgan fingerprint density at radius 3 is 2.83 bits per heavy atom. The van der Waals surface area contributed by atoms with Crippen molar-refractivity contribution in [3.8, 4) is 0 Å². The van der Waals surface area contributed by atoms with E-state index >= 15 is 0 Å². The van der Waals surface area contributed by atoms with E-state index < -0.39 is 0 Å². The Bertz CT molecular complexity index is 819. The third-order valence-electron chi connectivity index (χ3n) is 4.37. The fourth-order valence-electron chi connectivity index (χ4n) is 2.89. The second kappa shape index (κ2) is 6.24. The number of carbonyl (C=O) groups excluding carboxylic acids is 1. The summed E-state index contributed by atoms with van der Waals surface area (Å²) >= 11 is 1.40. The van der Waals surface area contributed by atoms with Gasteiger partial charge in [-0.3, -0.25) is 4.79 Å². The van der Waals surface area contributed by atoms with Crippen LogP contribution < -0.4 is 10.3 Å². The summed E-state index contributed by atoms with van der Waals surface area (Å²) in [4.78, 5) is 14.8. The van der Waals surface area contributed by atoms with Gasteiger partial charge >= 0.3 is 0 Å². The molecular weight excluding hydrogens is 318 g/mol. The molecule has 2 aromatic rings. The molecule has 24 heavy (non-hydrogen) atoms. The number of fused-ring (bicyclic) bond motifs is 1. The highest BCUT2D eigenvalue weighted by Crippen LogP contribution is 2.37. The summed E-state index contributed by atoms with van der Waals surface area (Å²) in [6, 6.07) is 9.86. The highest BCUT2D eigenvalue weighted by molar-refractivity contribution is 7.12. The highest BCUT2D eigenvalue weighted by atomic mass is 32.1. The zero-order chi connectivity index (χ0) is 17.3. The summed E-state index contributed by atoms with van der Waals surface area (Å²) in [5.41, 5.74) is 7.19. The van der Waals surface area contributed by atoms with E-state index in [0.717, 1.165) is 5.56 Å². The van der Waals surface area contributed by atoms with Gasteiger partial charge in [0.2, 0.25) is 0 Å². The summed E-state index contributed by atoms with van der Waals surface area (Å²) in [7, 11) is 2.11. The molecular formula is C19H21N3OS. The van der Waals surface area contributed by atoms with Crippen LogP contribution in [0.3, 0.4) is 0 Å². The maximum atomic E-state index is 11.9.